The molecule has 0 saturated heterocycles. The molecular weight excluding hydrogens is 1010 g/mol. The minimum Gasteiger partial charge on any atom is -0.481 e. The average Bonchev–Trinajstić information content (AvgIpc) is 3.33. The van der Waals surface area contributed by atoms with Crippen molar-refractivity contribution >= 4 is 45.3 Å². The second kappa shape index (κ2) is 40.2. The zero-order valence-corrected chi connectivity index (χ0v) is 44.8. The summed E-state index contributed by atoms with van der Waals surface area (Å²) in [7, 11) is -11.0. The van der Waals surface area contributed by atoms with Gasteiger partial charge in [0.05, 0.1) is 12.7 Å². The van der Waals surface area contributed by atoms with Gasteiger partial charge in [0, 0.05) is 23.8 Å². The summed E-state index contributed by atoms with van der Waals surface area (Å²) >= 11 is 1.10. The van der Waals surface area contributed by atoms with E-state index in [2.05, 4.69) is 67.0 Å². The summed E-state index contributed by atoms with van der Waals surface area (Å²) in [6.07, 6.45) is 24.2. The summed E-state index contributed by atoms with van der Waals surface area (Å²) in [5.41, 5.74) is 6.17. The molecule has 1 fully saturated rings. The fraction of sp³-hybridized carbons (Fsp3) is 0.660. The van der Waals surface area contributed by atoms with Crippen LogP contribution in [0.3, 0.4) is 0 Å². The molecule has 20 nitrogen and oxygen atoms in total. The highest BCUT2D eigenvalue weighted by atomic mass is 32.2. The van der Waals surface area contributed by atoms with Crippen LogP contribution in [-0.2, 0) is 46.6 Å². The van der Waals surface area contributed by atoms with Gasteiger partial charge in [0.1, 0.15) is 49.3 Å². The number of aliphatic carboxylic acids is 1. The Bertz CT molecular complexity index is 1850. The Labute approximate surface area is 435 Å². The largest absolute Gasteiger partial charge is 0.481 e. The molecule has 1 aliphatic carbocycles. The Hall–Kier alpha value is -3.08. The lowest BCUT2D eigenvalue weighted by atomic mass is 9.85. The van der Waals surface area contributed by atoms with Crippen LogP contribution in [0.2, 0.25) is 0 Å². The fourth-order valence-electron chi connectivity index (χ4n) is 6.95. The number of phosphoric acid groups is 2. The molecule has 0 amide bonds. The van der Waals surface area contributed by atoms with Crippen LogP contribution >= 0.6 is 27.4 Å². The fourth-order valence-corrected chi connectivity index (χ4v) is 9.60. The van der Waals surface area contributed by atoms with Crippen LogP contribution in [0.4, 0.5) is 0 Å². The van der Waals surface area contributed by atoms with Gasteiger partial charge < -0.3 is 60.5 Å². The van der Waals surface area contributed by atoms with Crippen LogP contribution < -0.4 is 5.73 Å². The highest BCUT2D eigenvalue weighted by Crippen LogP contribution is 2.50. The van der Waals surface area contributed by atoms with Crippen LogP contribution in [0.25, 0.3) is 0 Å². The Balaban J connectivity index is 3.02. The van der Waals surface area contributed by atoms with E-state index < -0.39 is 107 Å². The Morgan fingerprint density at radius 1 is 0.658 bits per heavy atom. The maximum absolute atomic E-state index is 13.2. The first-order valence-corrected chi connectivity index (χ1v) is 29.1. The molecule has 23 heteroatoms. The maximum atomic E-state index is 13.2. The molecule has 0 radical (unpaired) electrons. The molecule has 11 N–H and O–H groups in total. The molecule has 11 atom stereocenters. The molecule has 73 heavy (non-hydrogen) atoms. The first-order chi connectivity index (χ1) is 34.7. The van der Waals surface area contributed by atoms with Crippen LogP contribution in [0.1, 0.15) is 129 Å². The predicted octanol–water partition coefficient (Wildman–Crippen LogP) is 6.71. The van der Waals surface area contributed by atoms with Gasteiger partial charge in [-0.1, -0.05) is 131 Å². The van der Waals surface area contributed by atoms with Gasteiger partial charge >= 0.3 is 33.6 Å². The molecule has 0 bridgehead atoms. The Kier molecular flexibility index (Phi) is 37.4. The van der Waals surface area contributed by atoms with E-state index in [-0.39, 0.29) is 31.4 Å². The van der Waals surface area contributed by atoms with Gasteiger partial charge in [0.25, 0.3) is 0 Å². The second-order valence-corrected chi connectivity index (χ2v) is 21.2. The average molecular weight is 1100 g/mol. The van der Waals surface area contributed by atoms with Crippen LogP contribution in [0.15, 0.2) is 85.1 Å². The number of allylic oxidation sites excluding steroid dienone is 13. The van der Waals surface area contributed by atoms with Crippen molar-refractivity contribution in [1.82, 2.24) is 0 Å². The lowest BCUT2D eigenvalue weighted by Crippen LogP contribution is -2.64. The van der Waals surface area contributed by atoms with Crippen molar-refractivity contribution in [3.63, 3.8) is 0 Å². The number of hydrogen-bond acceptors (Lipinski definition) is 17. The molecule has 0 aromatic carbocycles. The van der Waals surface area contributed by atoms with Crippen molar-refractivity contribution in [3.8, 4) is 0 Å². The van der Waals surface area contributed by atoms with E-state index in [1.807, 2.05) is 18.2 Å². The summed E-state index contributed by atoms with van der Waals surface area (Å²) in [4.78, 5) is 66.6. The van der Waals surface area contributed by atoms with E-state index in [9.17, 15) is 63.7 Å². The van der Waals surface area contributed by atoms with E-state index in [4.69, 9.17) is 29.4 Å². The van der Waals surface area contributed by atoms with Crippen molar-refractivity contribution < 1.29 is 91.9 Å². The van der Waals surface area contributed by atoms with Gasteiger partial charge in [-0.2, -0.15) is 0 Å². The van der Waals surface area contributed by atoms with Crippen LogP contribution in [0.5, 0.6) is 0 Å². The number of unbranched alkanes of at least 4 members (excludes halogenated alkanes) is 8. The molecule has 0 aromatic rings. The van der Waals surface area contributed by atoms with Crippen LogP contribution in [-0.4, -0.2) is 142 Å². The van der Waals surface area contributed by atoms with Crippen LogP contribution in [0, 0.1) is 0 Å². The number of rotatable bonds is 41. The van der Waals surface area contributed by atoms with Crippen molar-refractivity contribution in [1.29, 1.82) is 0 Å². The molecular formula is C50H83NO19P2S. The van der Waals surface area contributed by atoms with Crippen molar-refractivity contribution in [3.05, 3.63) is 85.1 Å². The highest BCUT2D eigenvalue weighted by Gasteiger charge is 2.54. The number of ether oxygens (including phenoxy) is 2. The number of nitrogens with two attached hydrogens (primary N) is 1. The van der Waals surface area contributed by atoms with Gasteiger partial charge in [-0.25, -0.2) is 9.13 Å². The van der Waals surface area contributed by atoms with E-state index in [0.29, 0.717) is 12.8 Å². The molecule has 1 saturated carbocycles. The summed E-state index contributed by atoms with van der Waals surface area (Å²) in [5.74, 6) is -2.91. The monoisotopic (exact) mass is 1100 g/mol. The van der Waals surface area contributed by atoms with Gasteiger partial charge in [-0.3, -0.25) is 28.0 Å². The van der Waals surface area contributed by atoms with Gasteiger partial charge in [0.15, 0.2) is 6.10 Å². The maximum Gasteiger partial charge on any atom is 0.472 e. The number of aliphatic hydroxyl groups is 5. The Morgan fingerprint density at radius 2 is 1.22 bits per heavy atom. The first-order valence-electron chi connectivity index (χ1n) is 25.1. The van der Waals surface area contributed by atoms with Crippen molar-refractivity contribution in [2.45, 2.75) is 190 Å². The summed E-state index contributed by atoms with van der Waals surface area (Å²) in [6.45, 7) is 2.47. The standard InChI is InChI=1S/C50H83NO19P2S/c1-3-5-7-9-11-13-15-17-18-19-21-23-25-27-29-34-43(55)68-38(36-67-72(64,65)70-49-47(59)45(57)44(56)46(58)48(49)69-71(61,62)63)35-66-50(60)39(51)37-73-41(40(52)31-30-33-42(53)54)32-28-26-24-22-20-16-14-12-10-8-6-4-2/h5,7,11-14,17-18,20,22,24,26,28,32,38-41,44-49,52,56-59H,3-4,6,8-10,15-16,19,21,23,25,27,29-31,33-37,51H2,1-2H3,(H,53,54)(H,64,65)(H2,61,62,63)/b7-5-,13-11-,14-12-,18-17-,22-20-,26-24+,32-28+/t38-,39+,40+,41-,44+,45+,46-,47-,48-,49+/m1/s1. The van der Waals surface area contributed by atoms with Gasteiger partial charge in [0.2, 0.25) is 0 Å². The zero-order chi connectivity index (χ0) is 54.5. The highest BCUT2D eigenvalue weighted by molar-refractivity contribution is 8.00. The minimum absolute atomic E-state index is 0.0902. The SMILES string of the molecule is CC/C=C\C/C=C\C/C=C\CCCCCCCC(=O)O[C@H](COC(=O)[C@@H](N)CS[C@H](/C=C/C=C/C=C\C/C=C\CCCCC)[C@@H](O)CCCC(=O)O)COP(=O)(O)O[C@H]1[C@H](O)[C@@H](O)[C@H](O)[C@@H](O)[C@H]1OP(=O)(O)O. The lowest BCUT2D eigenvalue weighted by molar-refractivity contribution is -0.216. The number of carbonyl (C=O) groups excluding carboxylic acids is 2. The number of carboxylic acid groups (broad SMARTS) is 1. The third-order valence-corrected chi connectivity index (χ3v) is 13.9. The molecule has 0 aliphatic heterocycles. The topological polar surface area (TPSA) is 340 Å². The lowest BCUT2D eigenvalue weighted by Gasteiger charge is -2.43. The number of thioether (sulfide) groups is 1. The summed E-state index contributed by atoms with van der Waals surface area (Å²) in [5, 5.41) is 60.5. The van der Waals surface area contributed by atoms with E-state index in [0.717, 1.165) is 82.4 Å². The molecule has 1 rings (SSSR count). The smallest absolute Gasteiger partial charge is 0.472 e. The molecule has 418 valence electrons. The van der Waals surface area contributed by atoms with Gasteiger partial charge in [-0.15, -0.1) is 11.8 Å². The molecule has 0 spiro atoms. The second-order valence-electron chi connectivity index (χ2n) is 17.4. The molecule has 0 aromatic heterocycles. The number of carbonyl (C=O) groups is 3. The number of phosphoric ester groups is 2. The summed E-state index contributed by atoms with van der Waals surface area (Å²) < 4.78 is 49.9. The van der Waals surface area contributed by atoms with Gasteiger partial charge in [-0.05, 0) is 70.6 Å². The van der Waals surface area contributed by atoms with E-state index in [1.54, 1.807) is 18.2 Å². The number of hydrogen-bond donors (Lipinski definition) is 10. The quantitative estimate of drug-likeness (QED) is 0.00999. The predicted molar refractivity (Wildman–Crippen MR) is 279 cm³/mol. The van der Waals surface area contributed by atoms with Crippen molar-refractivity contribution in [2.24, 2.45) is 5.73 Å². The number of carboxylic acids is 1. The van der Waals surface area contributed by atoms with Crippen molar-refractivity contribution in [2.75, 3.05) is 19.0 Å². The minimum atomic E-state index is -5.51. The third kappa shape index (κ3) is 33.5. The van der Waals surface area contributed by atoms with E-state index in [1.165, 1.54) is 6.42 Å². The summed E-state index contributed by atoms with van der Waals surface area (Å²) in [6, 6.07) is -1.32. The van der Waals surface area contributed by atoms with E-state index >= 15 is 0 Å². The number of aliphatic hydroxyl groups excluding tert-OH is 5. The Morgan fingerprint density at radius 3 is 1.84 bits per heavy atom. The first kappa shape index (κ1) is 67.9. The zero-order valence-electron chi connectivity index (χ0n) is 42.2. The third-order valence-electron chi connectivity index (χ3n) is 10.9. The molecule has 0 heterocycles. The molecule has 1 aliphatic rings. The normalized spacial score (nSPS) is 22.6. The molecule has 1 unspecified atom stereocenters. The number of esters is 2.